The highest BCUT2D eigenvalue weighted by Crippen LogP contribution is 2.34. The van der Waals surface area contributed by atoms with Gasteiger partial charge in [-0.3, -0.25) is 0 Å². The molecule has 1 aromatic heterocycles. The summed E-state index contributed by atoms with van der Waals surface area (Å²) >= 11 is 1.46. The molecule has 2 rings (SSSR count). The zero-order valence-electron chi connectivity index (χ0n) is 9.32. The lowest BCUT2D eigenvalue weighted by atomic mass is 9.86. The summed E-state index contributed by atoms with van der Waals surface area (Å²) in [6.07, 6.45) is 7.71. The van der Waals surface area contributed by atoms with Gasteiger partial charge in [-0.1, -0.05) is 31.0 Å². The van der Waals surface area contributed by atoms with Crippen LogP contribution in [-0.4, -0.2) is 27.3 Å². The standard InChI is InChI=1S/C11H16N2O2S/c1-16-11-12-8(9(13-11)10(14)15)7-5-3-2-4-6-7/h7H,2-6H2,1H3,(H,12,13)(H,14,15). The van der Waals surface area contributed by atoms with E-state index in [1.54, 1.807) is 0 Å². The largest absolute Gasteiger partial charge is 0.476 e. The van der Waals surface area contributed by atoms with Crippen molar-refractivity contribution in [1.82, 2.24) is 9.97 Å². The van der Waals surface area contributed by atoms with Crippen LogP contribution in [0.1, 0.15) is 54.2 Å². The SMILES string of the molecule is CSc1nc(C(=O)O)c(C2CCCCC2)[nH]1. The van der Waals surface area contributed by atoms with E-state index >= 15 is 0 Å². The van der Waals surface area contributed by atoms with E-state index in [4.69, 9.17) is 5.11 Å². The third-order valence-electron chi connectivity index (χ3n) is 3.12. The van der Waals surface area contributed by atoms with Gasteiger partial charge in [0.1, 0.15) is 0 Å². The Kier molecular flexibility index (Phi) is 3.53. The van der Waals surface area contributed by atoms with Crippen LogP contribution < -0.4 is 0 Å². The van der Waals surface area contributed by atoms with Crippen molar-refractivity contribution in [1.29, 1.82) is 0 Å². The second-order valence-corrected chi connectivity index (χ2v) is 4.94. The maximum absolute atomic E-state index is 11.1. The van der Waals surface area contributed by atoms with Crippen LogP contribution in [0.2, 0.25) is 0 Å². The van der Waals surface area contributed by atoms with Gasteiger partial charge in [0, 0.05) is 5.92 Å². The average Bonchev–Trinajstić information content (AvgIpc) is 2.74. The number of aromatic amines is 1. The Morgan fingerprint density at radius 1 is 1.44 bits per heavy atom. The third kappa shape index (κ3) is 2.24. The monoisotopic (exact) mass is 240 g/mol. The van der Waals surface area contributed by atoms with Crippen LogP contribution in [0, 0.1) is 0 Å². The second kappa shape index (κ2) is 4.91. The zero-order valence-corrected chi connectivity index (χ0v) is 10.1. The van der Waals surface area contributed by atoms with Crippen molar-refractivity contribution >= 4 is 17.7 Å². The Labute approximate surface area is 98.9 Å². The molecule has 1 heterocycles. The van der Waals surface area contributed by atoms with E-state index < -0.39 is 5.97 Å². The van der Waals surface area contributed by atoms with Crippen molar-refractivity contribution < 1.29 is 9.90 Å². The first kappa shape index (κ1) is 11.5. The van der Waals surface area contributed by atoms with Crippen LogP contribution in [0.15, 0.2) is 5.16 Å². The maximum Gasteiger partial charge on any atom is 0.356 e. The summed E-state index contributed by atoms with van der Waals surface area (Å²) in [5.41, 5.74) is 1.05. The topological polar surface area (TPSA) is 66.0 Å². The molecule has 0 aliphatic heterocycles. The van der Waals surface area contributed by atoms with Crippen LogP contribution in [0.25, 0.3) is 0 Å². The van der Waals surface area contributed by atoms with Gasteiger partial charge >= 0.3 is 5.97 Å². The van der Waals surface area contributed by atoms with Gasteiger partial charge in [0.15, 0.2) is 10.9 Å². The van der Waals surface area contributed by atoms with Crippen LogP contribution in [0.5, 0.6) is 0 Å². The van der Waals surface area contributed by atoms with E-state index in [-0.39, 0.29) is 5.69 Å². The van der Waals surface area contributed by atoms with Gasteiger partial charge in [-0.05, 0) is 19.1 Å². The quantitative estimate of drug-likeness (QED) is 0.797. The number of hydrogen-bond donors (Lipinski definition) is 2. The summed E-state index contributed by atoms with van der Waals surface area (Å²) < 4.78 is 0. The summed E-state index contributed by atoms with van der Waals surface area (Å²) in [6, 6.07) is 0. The molecule has 0 saturated heterocycles. The summed E-state index contributed by atoms with van der Waals surface area (Å²) in [6.45, 7) is 0. The minimum Gasteiger partial charge on any atom is -0.476 e. The maximum atomic E-state index is 11.1. The van der Waals surface area contributed by atoms with E-state index in [9.17, 15) is 4.79 Å². The summed E-state index contributed by atoms with van der Waals surface area (Å²) in [7, 11) is 0. The van der Waals surface area contributed by atoms with E-state index in [0.717, 1.165) is 18.5 Å². The molecule has 1 aliphatic carbocycles. The van der Waals surface area contributed by atoms with Gasteiger partial charge in [0.05, 0.1) is 5.69 Å². The van der Waals surface area contributed by atoms with Crippen molar-refractivity contribution in [3.8, 4) is 0 Å². The lowest BCUT2D eigenvalue weighted by Crippen LogP contribution is -2.10. The normalized spacial score (nSPS) is 17.6. The number of hydrogen-bond acceptors (Lipinski definition) is 3. The Morgan fingerprint density at radius 3 is 2.69 bits per heavy atom. The molecule has 0 spiro atoms. The summed E-state index contributed by atoms with van der Waals surface area (Å²) in [5.74, 6) is -0.564. The predicted molar refractivity (Wildman–Crippen MR) is 63.2 cm³/mol. The van der Waals surface area contributed by atoms with Crippen molar-refractivity contribution in [2.75, 3.05) is 6.26 Å². The van der Waals surface area contributed by atoms with E-state index in [1.807, 2.05) is 6.26 Å². The van der Waals surface area contributed by atoms with Crippen LogP contribution in [-0.2, 0) is 0 Å². The lowest BCUT2D eigenvalue weighted by Gasteiger charge is -2.20. The lowest BCUT2D eigenvalue weighted by molar-refractivity contribution is 0.0688. The minimum absolute atomic E-state index is 0.219. The number of aromatic carboxylic acids is 1. The van der Waals surface area contributed by atoms with Gasteiger partial charge in [0.25, 0.3) is 0 Å². The van der Waals surface area contributed by atoms with Crippen LogP contribution in [0.4, 0.5) is 0 Å². The number of H-pyrrole nitrogens is 1. The Balaban J connectivity index is 2.29. The van der Waals surface area contributed by atoms with Gasteiger partial charge in [-0.15, -0.1) is 0 Å². The minimum atomic E-state index is -0.919. The average molecular weight is 240 g/mol. The molecule has 0 unspecified atom stereocenters. The molecule has 4 nitrogen and oxygen atoms in total. The van der Waals surface area contributed by atoms with E-state index in [2.05, 4.69) is 9.97 Å². The van der Waals surface area contributed by atoms with Crippen LogP contribution >= 0.6 is 11.8 Å². The van der Waals surface area contributed by atoms with Crippen molar-refractivity contribution in [2.24, 2.45) is 0 Å². The first-order valence-corrected chi connectivity index (χ1v) is 6.82. The van der Waals surface area contributed by atoms with Gasteiger partial charge in [-0.25, -0.2) is 9.78 Å². The van der Waals surface area contributed by atoms with Gasteiger partial charge < -0.3 is 10.1 Å². The number of carboxylic acids is 1. The molecule has 16 heavy (non-hydrogen) atoms. The fourth-order valence-corrected chi connectivity index (χ4v) is 2.71. The molecule has 1 aliphatic rings. The summed E-state index contributed by atoms with van der Waals surface area (Å²) in [4.78, 5) is 18.4. The molecule has 0 atom stereocenters. The molecule has 1 saturated carbocycles. The first-order valence-electron chi connectivity index (χ1n) is 5.59. The molecule has 1 fully saturated rings. The Hall–Kier alpha value is -0.970. The molecule has 2 N–H and O–H groups in total. The molecule has 1 aromatic rings. The highest BCUT2D eigenvalue weighted by molar-refractivity contribution is 7.98. The third-order valence-corrected chi connectivity index (χ3v) is 3.70. The molecule has 0 aromatic carbocycles. The number of aromatic nitrogens is 2. The molecule has 0 amide bonds. The van der Waals surface area contributed by atoms with Gasteiger partial charge in [-0.2, -0.15) is 0 Å². The van der Waals surface area contributed by atoms with E-state index in [0.29, 0.717) is 11.1 Å². The Morgan fingerprint density at radius 2 is 2.12 bits per heavy atom. The molecule has 5 heteroatoms. The highest BCUT2D eigenvalue weighted by Gasteiger charge is 2.25. The number of rotatable bonds is 3. The predicted octanol–water partition coefficient (Wildman–Crippen LogP) is 2.88. The van der Waals surface area contributed by atoms with Crippen molar-refractivity contribution in [3.63, 3.8) is 0 Å². The van der Waals surface area contributed by atoms with Crippen molar-refractivity contribution in [2.45, 2.75) is 43.2 Å². The molecular formula is C11H16N2O2S. The molecular weight excluding hydrogens is 224 g/mol. The zero-order chi connectivity index (χ0) is 11.5. The Bertz CT molecular complexity index is 383. The summed E-state index contributed by atoms with van der Waals surface area (Å²) in [5, 5.41) is 9.82. The molecule has 0 radical (unpaired) electrons. The fraction of sp³-hybridized carbons (Fsp3) is 0.636. The fourth-order valence-electron chi connectivity index (χ4n) is 2.31. The first-order chi connectivity index (χ1) is 7.72. The highest BCUT2D eigenvalue weighted by atomic mass is 32.2. The molecule has 88 valence electrons. The smallest absolute Gasteiger partial charge is 0.356 e. The molecule has 0 bridgehead atoms. The number of carboxylic acid groups (broad SMARTS) is 1. The van der Waals surface area contributed by atoms with Crippen LogP contribution in [0.3, 0.4) is 0 Å². The van der Waals surface area contributed by atoms with Gasteiger partial charge in [0.2, 0.25) is 0 Å². The van der Waals surface area contributed by atoms with Crippen molar-refractivity contribution in [3.05, 3.63) is 11.4 Å². The van der Waals surface area contributed by atoms with E-state index in [1.165, 1.54) is 31.0 Å². The number of carbonyl (C=O) groups is 1. The number of imidazole rings is 1. The second-order valence-electron chi connectivity index (χ2n) is 4.15. The number of thioether (sulfide) groups is 1. The number of nitrogens with zero attached hydrogens (tertiary/aromatic N) is 1. The number of nitrogens with one attached hydrogen (secondary N) is 1.